The monoisotopic (exact) mass is 458 g/mol. The van der Waals surface area contributed by atoms with E-state index >= 15 is 0 Å². The maximum atomic E-state index is 12.7. The number of hydrogen-bond acceptors (Lipinski definition) is 7. The van der Waals surface area contributed by atoms with Crippen molar-refractivity contribution in [3.63, 3.8) is 0 Å². The lowest BCUT2D eigenvalue weighted by molar-refractivity contribution is -0.153. The Hall–Kier alpha value is -1.67. The Labute approximate surface area is 194 Å². The minimum Gasteiger partial charge on any atom is -0.465 e. The normalized spacial score (nSPS) is 14.0. The molecule has 0 aliphatic heterocycles. The average Bonchev–Trinajstić information content (AvgIpc) is 2.79. The largest absolute Gasteiger partial charge is 0.465 e. The lowest BCUT2D eigenvalue weighted by Gasteiger charge is -2.23. The third-order valence-electron chi connectivity index (χ3n) is 5.73. The summed E-state index contributed by atoms with van der Waals surface area (Å²) in [5, 5.41) is 12.0. The highest BCUT2D eigenvalue weighted by Crippen LogP contribution is 2.25. The Kier molecular flexibility index (Phi) is 17.9. The van der Waals surface area contributed by atoms with Gasteiger partial charge in [-0.3, -0.25) is 14.4 Å². The fourth-order valence-electron chi connectivity index (χ4n) is 3.54. The Morgan fingerprint density at radius 2 is 1.56 bits per heavy atom. The molecule has 0 rings (SSSR count). The van der Waals surface area contributed by atoms with E-state index in [1.165, 1.54) is 0 Å². The van der Waals surface area contributed by atoms with Crippen molar-refractivity contribution < 1.29 is 29.0 Å². The number of rotatable bonds is 19. The number of nitrogens with zero attached hydrogens (tertiary/aromatic N) is 1. The van der Waals surface area contributed by atoms with Crippen molar-refractivity contribution in [2.75, 3.05) is 46.0 Å². The highest BCUT2D eigenvalue weighted by molar-refractivity contribution is 5.80. The molecule has 0 saturated carbocycles. The van der Waals surface area contributed by atoms with Crippen LogP contribution in [0.2, 0.25) is 0 Å². The van der Waals surface area contributed by atoms with Gasteiger partial charge in [-0.05, 0) is 51.7 Å². The summed E-state index contributed by atoms with van der Waals surface area (Å²) in [5.41, 5.74) is 0. The number of hydrogen-bond donors (Lipinski definition) is 2. The Balaban J connectivity index is 4.91. The van der Waals surface area contributed by atoms with Gasteiger partial charge in [0, 0.05) is 12.5 Å². The molecular weight excluding hydrogens is 412 g/mol. The van der Waals surface area contributed by atoms with Crippen LogP contribution in [-0.4, -0.2) is 73.9 Å². The Bertz CT molecular complexity index is 525. The molecule has 0 bridgehead atoms. The summed E-state index contributed by atoms with van der Waals surface area (Å²) in [5.74, 6) is -2.34. The van der Waals surface area contributed by atoms with Gasteiger partial charge in [-0.25, -0.2) is 0 Å². The van der Waals surface area contributed by atoms with Crippen LogP contribution in [0.3, 0.4) is 0 Å². The van der Waals surface area contributed by atoms with Gasteiger partial charge in [0.2, 0.25) is 5.91 Å². The van der Waals surface area contributed by atoms with Gasteiger partial charge in [0.05, 0.1) is 25.0 Å². The van der Waals surface area contributed by atoms with E-state index in [1.807, 2.05) is 13.8 Å². The Morgan fingerprint density at radius 1 is 0.906 bits per heavy atom. The molecule has 0 heterocycles. The first kappa shape index (κ1) is 30.3. The predicted molar refractivity (Wildman–Crippen MR) is 125 cm³/mol. The van der Waals surface area contributed by atoms with Crippen molar-refractivity contribution in [1.82, 2.24) is 10.2 Å². The number of nitrogens with one attached hydrogen (secondary N) is 1. The van der Waals surface area contributed by atoms with Crippen molar-refractivity contribution in [3.05, 3.63) is 0 Å². The third kappa shape index (κ3) is 13.0. The topological polar surface area (TPSA) is 105 Å². The second-order valence-corrected chi connectivity index (χ2v) is 8.26. The van der Waals surface area contributed by atoms with Crippen molar-refractivity contribution in [2.45, 2.75) is 73.1 Å². The van der Waals surface area contributed by atoms with E-state index < -0.39 is 17.8 Å². The van der Waals surface area contributed by atoms with Gasteiger partial charge >= 0.3 is 11.9 Å². The molecule has 8 heteroatoms. The first-order valence-corrected chi connectivity index (χ1v) is 12.3. The molecule has 0 spiro atoms. The molecular formula is C24H46N2O6. The lowest BCUT2D eigenvalue weighted by atomic mass is 9.86. The second kappa shape index (κ2) is 18.9. The maximum Gasteiger partial charge on any atom is 0.309 e. The zero-order valence-corrected chi connectivity index (χ0v) is 20.9. The van der Waals surface area contributed by atoms with Gasteiger partial charge < -0.3 is 24.8 Å². The third-order valence-corrected chi connectivity index (χ3v) is 5.73. The van der Waals surface area contributed by atoms with Crippen molar-refractivity contribution in [2.24, 2.45) is 17.8 Å². The lowest BCUT2D eigenvalue weighted by Crippen LogP contribution is -2.36. The van der Waals surface area contributed by atoms with E-state index in [4.69, 9.17) is 14.6 Å². The highest BCUT2D eigenvalue weighted by Gasteiger charge is 2.31. The number of aliphatic hydroxyl groups is 1. The predicted octanol–water partition coefficient (Wildman–Crippen LogP) is 2.77. The number of amides is 1. The summed E-state index contributed by atoms with van der Waals surface area (Å²) >= 11 is 0. The summed E-state index contributed by atoms with van der Waals surface area (Å²) in [7, 11) is 0. The van der Waals surface area contributed by atoms with Crippen LogP contribution >= 0.6 is 0 Å². The molecule has 8 nitrogen and oxygen atoms in total. The number of aliphatic hydroxyl groups excluding tert-OH is 1. The number of ether oxygens (including phenoxy) is 2. The quantitative estimate of drug-likeness (QED) is 0.226. The van der Waals surface area contributed by atoms with Crippen LogP contribution < -0.4 is 5.32 Å². The fourth-order valence-corrected chi connectivity index (χ4v) is 3.54. The molecule has 3 unspecified atom stereocenters. The molecule has 188 valence electrons. The van der Waals surface area contributed by atoms with Crippen molar-refractivity contribution in [1.29, 1.82) is 0 Å². The van der Waals surface area contributed by atoms with Gasteiger partial charge in [-0.2, -0.15) is 0 Å². The zero-order chi connectivity index (χ0) is 24.4. The molecule has 0 fully saturated rings. The number of unbranched alkanes of at least 4 members (excludes halogenated alkanes) is 1. The summed E-state index contributed by atoms with van der Waals surface area (Å²) in [4.78, 5) is 39.9. The minimum absolute atomic E-state index is 0.0785. The van der Waals surface area contributed by atoms with Gasteiger partial charge in [-0.1, -0.05) is 41.0 Å². The van der Waals surface area contributed by atoms with Gasteiger partial charge in [-0.15, -0.1) is 0 Å². The molecule has 32 heavy (non-hydrogen) atoms. The Morgan fingerprint density at radius 3 is 2.12 bits per heavy atom. The summed E-state index contributed by atoms with van der Waals surface area (Å²) < 4.78 is 10.4. The number of carbonyl (C=O) groups excluding carboxylic acids is 3. The molecule has 0 aromatic carbocycles. The average molecular weight is 459 g/mol. The molecule has 0 aliphatic carbocycles. The summed E-state index contributed by atoms with van der Waals surface area (Å²) in [6, 6.07) is 0. The van der Waals surface area contributed by atoms with Crippen molar-refractivity contribution >= 4 is 17.8 Å². The molecule has 2 N–H and O–H groups in total. The van der Waals surface area contributed by atoms with Crippen LogP contribution in [0.1, 0.15) is 73.1 Å². The summed E-state index contributed by atoms with van der Waals surface area (Å²) in [6.45, 7) is 13.4. The van der Waals surface area contributed by atoms with Crippen LogP contribution in [-0.2, 0) is 23.9 Å². The smallest absolute Gasteiger partial charge is 0.309 e. The SMILES string of the molecule is CCCCOC(=O)C(C)CC(CC(CC)C(=O)NCCCN(CC)CC)C(=O)OCCO. The van der Waals surface area contributed by atoms with E-state index in [9.17, 15) is 14.4 Å². The van der Waals surface area contributed by atoms with E-state index in [0.717, 1.165) is 38.9 Å². The zero-order valence-electron chi connectivity index (χ0n) is 20.9. The fraction of sp³-hybridized carbons (Fsp3) is 0.875. The summed E-state index contributed by atoms with van der Waals surface area (Å²) in [6.07, 6.45) is 3.73. The molecule has 0 aromatic rings. The minimum atomic E-state index is -0.610. The molecule has 1 amide bonds. The van der Waals surface area contributed by atoms with E-state index in [-0.39, 0.29) is 37.4 Å². The van der Waals surface area contributed by atoms with Gasteiger partial charge in [0.1, 0.15) is 6.61 Å². The first-order chi connectivity index (χ1) is 15.3. The second-order valence-electron chi connectivity index (χ2n) is 8.26. The van der Waals surface area contributed by atoms with Crippen molar-refractivity contribution in [3.8, 4) is 0 Å². The van der Waals surface area contributed by atoms with Crippen LogP contribution in [0.15, 0.2) is 0 Å². The van der Waals surface area contributed by atoms with Crippen LogP contribution in [0.5, 0.6) is 0 Å². The molecule has 0 aromatic heterocycles. The van der Waals surface area contributed by atoms with Gasteiger partial charge in [0.25, 0.3) is 0 Å². The molecule has 0 saturated heterocycles. The standard InChI is InChI=1S/C24H46N2O6/c1-6-10-15-31-23(29)19(5)17-21(24(30)32-16-14-27)18-20(7-2)22(28)25-12-11-13-26(8-3)9-4/h19-21,27H,6-18H2,1-5H3,(H,25,28). The molecule has 3 atom stereocenters. The number of carbonyl (C=O) groups is 3. The van der Waals surface area contributed by atoms with E-state index in [2.05, 4.69) is 24.1 Å². The van der Waals surface area contributed by atoms with E-state index in [1.54, 1.807) is 6.92 Å². The van der Waals surface area contributed by atoms with Crippen LogP contribution in [0.4, 0.5) is 0 Å². The molecule has 0 aliphatic rings. The maximum absolute atomic E-state index is 12.7. The van der Waals surface area contributed by atoms with Gasteiger partial charge in [0.15, 0.2) is 0 Å². The molecule has 0 radical (unpaired) electrons. The van der Waals surface area contributed by atoms with E-state index in [0.29, 0.717) is 26.0 Å². The van der Waals surface area contributed by atoms with Crippen LogP contribution in [0.25, 0.3) is 0 Å². The first-order valence-electron chi connectivity index (χ1n) is 12.3. The number of esters is 2. The van der Waals surface area contributed by atoms with Crippen LogP contribution in [0, 0.1) is 17.8 Å². The highest BCUT2D eigenvalue weighted by atomic mass is 16.5.